The molecule has 2 aliphatic carbocycles. The Balaban J connectivity index is 1.81. The lowest BCUT2D eigenvalue weighted by Crippen LogP contribution is -2.23. The van der Waals surface area contributed by atoms with Crippen molar-refractivity contribution in [3.05, 3.63) is 11.6 Å². The third-order valence-corrected chi connectivity index (χ3v) is 3.45. The van der Waals surface area contributed by atoms with Crippen LogP contribution in [0, 0.1) is 11.8 Å². The first kappa shape index (κ1) is 8.98. The lowest BCUT2D eigenvalue weighted by atomic mass is 9.75. The maximum atomic E-state index is 11.3. The first-order chi connectivity index (χ1) is 6.33. The van der Waals surface area contributed by atoms with E-state index in [0.717, 1.165) is 12.8 Å². The second-order valence-electron chi connectivity index (χ2n) is 4.34. The first-order valence-electron chi connectivity index (χ1n) is 5.56. The van der Waals surface area contributed by atoms with Crippen LogP contribution in [0.5, 0.6) is 0 Å². The van der Waals surface area contributed by atoms with Crippen LogP contribution in [0.1, 0.15) is 45.4 Å². The van der Waals surface area contributed by atoms with Gasteiger partial charge in [0.15, 0.2) is 0 Å². The second-order valence-corrected chi connectivity index (χ2v) is 4.34. The van der Waals surface area contributed by atoms with Gasteiger partial charge in [-0.1, -0.05) is 31.4 Å². The molecule has 0 spiro atoms. The van der Waals surface area contributed by atoms with E-state index >= 15 is 0 Å². The number of ketones is 1. The number of carbonyl (C=O) groups is 1. The fourth-order valence-corrected chi connectivity index (χ4v) is 2.58. The minimum absolute atomic E-state index is 0.344. The minimum Gasteiger partial charge on any atom is -0.299 e. The molecule has 1 nitrogen and oxygen atoms in total. The van der Waals surface area contributed by atoms with Gasteiger partial charge in [-0.05, 0) is 25.2 Å². The van der Waals surface area contributed by atoms with Crippen molar-refractivity contribution in [2.24, 2.45) is 11.8 Å². The Morgan fingerprint density at radius 2 is 2.31 bits per heavy atom. The van der Waals surface area contributed by atoms with Crippen LogP contribution in [0.4, 0.5) is 0 Å². The summed E-state index contributed by atoms with van der Waals surface area (Å²) in [4.78, 5) is 11.3. The Hall–Kier alpha value is -0.590. The molecular weight excluding hydrogens is 160 g/mol. The summed E-state index contributed by atoms with van der Waals surface area (Å²) >= 11 is 0. The maximum absolute atomic E-state index is 11.3. The number of hydrogen-bond donors (Lipinski definition) is 0. The predicted octanol–water partition coefficient (Wildman–Crippen LogP) is 3.10. The van der Waals surface area contributed by atoms with Crippen LogP contribution in [-0.4, -0.2) is 5.78 Å². The number of allylic oxidation sites excluding steroid dienone is 2. The third kappa shape index (κ3) is 1.56. The van der Waals surface area contributed by atoms with Crippen molar-refractivity contribution >= 4 is 5.78 Å². The topological polar surface area (TPSA) is 17.1 Å². The normalized spacial score (nSPS) is 31.2. The first-order valence-corrected chi connectivity index (χ1v) is 5.56. The van der Waals surface area contributed by atoms with Gasteiger partial charge in [-0.25, -0.2) is 0 Å². The molecule has 0 aromatic rings. The predicted molar refractivity (Wildman–Crippen MR) is 53.4 cm³/mol. The molecule has 2 atom stereocenters. The van der Waals surface area contributed by atoms with Gasteiger partial charge in [0.25, 0.3) is 0 Å². The van der Waals surface area contributed by atoms with Gasteiger partial charge >= 0.3 is 0 Å². The zero-order chi connectivity index (χ0) is 9.26. The summed E-state index contributed by atoms with van der Waals surface area (Å²) in [5.41, 5.74) is 1.59. The Labute approximate surface area is 80.2 Å². The SMILES string of the molecule is CCCCCC1=C[C@@H]2C(=O)CC[C@H]12. The second kappa shape index (κ2) is 3.65. The molecule has 72 valence electrons. The Bertz CT molecular complexity index is 240. The number of hydrogen-bond acceptors (Lipinski definition) is 1. The summed E-state index contributed by atoms with van der Waals surface area (Å²) in [6, 6.07) is 0. The molecule has 2 aliphatic rings. The number of carbonyl (C=O) groups excluding carboxylic acids is 1. The lowest BCUT2D eigenvalue weighted by Gasteiger charge is -2.29. The molecule has 1 heteroatoms. The van der Waals surface area contributed by atoms with Gasteiger partial charge in [0.1, 0.15) is 5.78 Å². The van der Waals surface area contributed by atoms with E-state index in [0.29, 0.717) is 17.6 Å². The van der Waals surface area contributed by atoms with Gasteiger partial charge in [0.05, 0.1) is 0 Å². The number of fused-ring (bicyclic) bond motifs is 1. The quantitative estimate of drug-likeness (QED) is 0.477. The molecule has 1 saturated carbocycles. The van der Waals surface area contributed by atoms with E-state index < -0.39 is 0 Å². The van der Waals surface area contributed by atoms with Crippen molar-refractivity contribution in [1.29, 1.82) is 0 Å². The third-order valence-electron chi connectivity index (χ3n) is 3.45. The average Bonchev–Trinajstić information content (AvgIpc) is 2.36. The van der Waals surface area contributed by atoms with E-state index in [1.807, 2.05) is 0 Å². The molecule has 0 aromatic carbocycles. The van der Waals surface area contributed by atoms with Crippen molar-refractivity contribution in [1.82, 2.24) is 0 Å². The van der Waals surface area contributed by atoms with Crippen molar-refractivity contribution in [3.8, 4) is 0 Å². The van der Waals surface area contributed by atoms with Gasteiger partial charge in [-0.2, -0.15) is 0 Å². The molecule has 0 unspecified atom stereocenters. The van der Waals surface area contributed by atoms with Crippen LogP contribution >= 0.6 is 0 Å². The molecule has 13 heavy (non-hydrogen) atoms. The van der Waals surface area contributed by atoms with Gasteiger partial charge in [-0.15, -0.1) is 0 Å². The highest BCUT2D eigenvalue weighted by molar-refractivity contribution is 5.87. The van der Waals surface area contributed by atoms with E-state index in [2.05, 4.69) is 13.0 Å². The van der Waals surface area contributed by atoms with E-state index in [9.17, 15) is 4.79 Å². The summed E-state index contributed by atoms with van der Waals surface area (Å²) < 4.78 is 0. The number of rotatable bonds is 4. The van der Waals surface area contributed by atoms with Crippen LogP contribution in [-0.2, 0) is 4.79 Å². The molecule has 0 heterocycles. The maximum Gasteiger partial charge on any atom is 0.140 e. The average molecular weight is 178 g/mol. The van der Waals surface area contributed by atoms with Gasteiger partial charge in [0, 0.05) is 12.3 Å². The summed E-state index contributed by atoms with van der Waals surface area (Å²) in [6.45, 7) is 2.23. The van der Waals surface area contributed by atoms with Crippen LogP contribution in [0.3, 0.4) is 0 Å². The summed E-state index contributed by atoms with van der Waals surface area (Å²) in [5.74, 6) is 1.50. The van der Waals surface area contributed by atoms with Crippen molar-refractivity contribution in [2.45, 2.75) is 45.4 Å². The van der Waals surface area contributed by atoms with Crippen LogP contribution < -0.4 is 0 Å². The van der Waals surface area contributed by atoms with Crippen molar-refractivity contribution in [2.75, 3.05) is 0 Å². The summed E-state index contributed by atoms with van der Waals surface area (Å²) in [7, 11) is 0. The monoisotopic (exact) mass is 178 g/mol. The molecule has 0 radical (unpaired) electrons. The van der Waals surface area contributed by atoms with Crippen LogP contribution in [0.25, 0.3) is 0 Å². The van der Waals surface area contributed by atoms with Crippen LogP contribution in [0.2, 0.25) is 0 Å². The Morgan fingerprint density at radius 3 is 3.00 bits per heavy atom. The zero-order valence-electron chi connectivity index (χ0n) is 8.38. The lowest BCUT2D eigenvalue weighted by molar-refractivity contribution is -0.120. The minimum atomic E-state index is 0.344. The molecule has 0 aliphatic heterocycles. The Morgan fingerprint density at radius 1 is 1.46 bits per heavy atom. The van der Waals surface area contributed by atoms with Gasteiger partial charge in [-0.3, -0.25) is 4.79 Å². The van der Waals surface area contributed by atoms with Crippen molar-refractivity contribution in [3.63, 3.8) is 0 Å². The largest absolute Gasteiger partial charge is 0.299 e. The number of Topliss-reactive ketones (excluding diaryl/α,β-unsaturated/α-hetero) is 1. The fourth-order valence-electron chi connectivity index (χ4n) is 2.58. The molecular formula is C12H18O. The smallest absolute Gasteiger partial charge is 0.140 e. The molecule has 0 saturated heterocycles. The molecule has 1 fully saturated rings. The van der Waals surface area contributed by atoms with Gasteiger partial charge in [0.2, 0.25) is 0 Å². The van der Waals surface area contributed by atoms with E-state index in [1.54, 1.807) is 5.57 Å². The highest BCUT2D eigenvalue weighted by Crippen LogP contribution is 2.45. The zero-order valence-corrected chi connectivity index (χ0v) is 8.38. The van der Waals surface area contributed by atoms with Crippen molar-refractivity contribution < 1.29 is 4.79 Å². The molecule has 0 N–H and O–H groups in total. The Kier molecular flexibility index (Phi) is 2.52. The van der Waals surface area contributed by atoms with E-state index in [-0.39, 0.29) is 0 Å². The molecule has 2 rings (SSSR count). The van der Waals surface area contributed by atoms with Crippen LogP contribution in [0.15, 0.2) is 11.6 Å². The summed E-state index contributed by atoms with van der Waals surface area (Å²) in [5, 5.41) is 0. The van der Waals surface area contributed by atoms with Gasteiger partial charge < -0.3 is 0 Å². The standard InChI is InChI=1S/C12H18O/c1-2-3-4-5-9-8-11-10(9)6-7-12(11)13/h8,10-11H,2-7H2,1H3/t10-,11+/m1/s1. The highest BCUT2D eigenvalue weighted by Gasteiger charge is 2.41. The highest BCUT2D eigenvalue weighted by atomic mass is 16.1. The fraction of sp³-hybridized carbons (Fsp3) is 0.750. The van der Waals surface area contributed by atoms with E-state index in [4.69, 9.17) is 0 Å². The molecule has 0 aromatic heterocycles. The number of unbranched alkanes of at least 4 members (excludes halogenated alkanes) is 2. The summed E-state index contributed by atoms with van der Waals surface area (Å²) in [6.07, 6.45) is 9.41. The molecule has 0 amide bonds. The molecule has 0 bridgehead atoms. The van der Waals surface area contributed by atoms with E-state index in [1.165, 1.54) is 25.7 Å².